The van der Waals surface area contributed by atoms with E-state index < -0.39 is 0 Å². The van der Waals surface area contributed by atoms with E-state index in [4.69, 9.17) is 15.2 Å². The van der Waals surface area contributed by atoms with E-state index in [0.717, 1.165) is 39.3 Å². The molecular formula is C10H26N2O2. The standard InChI is InChI=1S/C6H16N2O.C4H10O/c1-2-9-6-5-8-4-3-7;1-3-4-5-2/h8H,2-7H2,1H3;3-4H2,1-2H3. The summed E-state index contributed by atoms with van der Waals surface area (Å²) >= 11 is 0. The summed E-state index contributed by atoms with van der Waals surface area (Å²) in [5, 5.41) is 3.12. The molecule has 0 atom stereocenters. The monoisotopic (exact) mass is 206 g/mol. The third kappa shape index (κ3) is 22.6. The Hall–Kier alpha value is -0.160. The Morgan fingerprint density at radius 2 is 1.86 bits per heavy atom. The predicted octanol–water partition coefficient (Wildman–Crippen LogP) is 0.614. The second-order valence-corrected chi connectivity index (χ2v) is 2.73. The lowest BCUT2D eigenvalue weighted by Crippen LogP contribution is -2.25. The molecule has 0 unspecified atom stereocenters. The summed E-state index contributed by atoms with van der Waals surface area (Å²) in [6.07, 6.45) is 1.12. The first-order valence-electron chi connectivity index (χ1n) is 5.30. The van der Waals surface area contributed by atoms with Crippen molar-refractivity contribution in [3.63, 3.8) is 0 Å². The van der Waals surface area contributed by atoms with Crippen LogP contribution >= 0.6 is 0 Å². The molecule has 88 valence electrons. The van der Waals surface area contributed by atoms with Crippen LogP contribution in [-0.2, 0) is 9.47 Å². The molecule has 0 saturated heterocycles. The summed E-state index contributed by atoms with van der Waals surface area (Å²) < 4.78 is 9.77. The van der Waals surface area contributed by atoms with Crippen molar-refractivity contribution in [3.8, 4) is 0 Å². The summed E-state index contributed by atoms with van der Waals surface area (Å²) in [6, 6.07) is 0. The first-order valence-corrected chi connectivity index (χ1v) is 5.30. The third-order valence-electron chi connectivity index (χ3n) is 1.36. The van der Waals surface area contributed by atoms with Crippen LogP contribution in [0.2, 0.25) is 0 Å². The maximum atomic E-state index is 5.24. The molecular weight excluding hydrogens is 180 g/mol. The number of nitrogens with one attached hydrogen (secondary N) is 1. The van der Waals surface area contributed by atoms with Gasteiger partial charge in [0.2, 0.25) is 0 Å². The average Bonchev–Trinajstić information content (AvgIpc) is 2.20. The van der Waals surface area contributed by atoms with Gasteiger partial charge in [0.25, 0.3) is 0 Å². The lowest BCUT2D eigenvalue weighted by atomic mass is 10.5. The Balaban J connectivity index is 0. The highest BCUT2D eigenvalue weighted by atomic mass is 16.5. The summed E-state index contributed by atoms with van der Waals surface area (Å²) in [4.78, 5) is 0. The van der Waals surface area contributed by atoms with Crippen LogP contribution < -0.4 is 11.1 Å². The fourth-order valence-electron chi connectivity index (χ4n) is 0.720. The minimum atomic E-state index is 0.701. The summed E-state index contributed by atoms with van der Waals surface area (Å²) in [5.41, 5.74) is 5.24. The van der Waals surface area contributed by atoms with Gasteiger partial charge in [0.05, 0.1) is 6.61 Å². The van der Waals surface area contributed by atoms with Gasteiger partial charge in [-0.2, -0.15) is 0 Å². The number of nitrogens with two attached hydrogens (primary N) is 1. The SMILES string of the molecule is CCCOC.CCOCCNCCN. The maximum absolute atomic E-state index is 5.24. The van der Waals surface area contributed by atoms with E-state index in [-0.39, 0.29) is 0 Å². The first kappa shape index (κ1) is 16.3. The molecule has 0 radical (unpaired) electrons. The topological polar surface area (TPSA) is 56.5 Å². The quantitative estimate of drug-likeness (QED) is 0.571. The third-order valence-corrected chi connectivity index (χ3v) is 1.36. The highest BCUT2D eigenvalue weighted by molar-refractivity contribution is 4.44. The van der Waals surface area contributed by atoms with Crippen LogP contribution in [0.25, 0.3) is 0 Å². The molecule has 0 saturated carbocycles. The molecule has 0 bridgehead atoms. The number of hydrogen-bond donors (Lipinski definition) is 2. The molecule has 0 rings (SSSR count). The molecule has 4 nitrogen and oxygen atoms in total. The first-order chi connectivity index (χ1) is 6.83. The second kappa shape index (κ2) is 18.6. The van der Waals surface area contributed by atoms with Crippen LogP contribution in [-0.4, -0.2) is 46.6 Å². The van der Waals surface area contributed by atoms with E-state index >= 15 is 0 Å². The van der Waals surface area contributed by atoms with E-state index in [1.807, 2.05) is 6.92 Å². The predicted molar refractivity (Wildman–Crippen MR) is 60.6 cm³/mol. The molecule has 0 fully saturated rings. The number of hydrogen-bond acceptors (Lipinski definition) is 4. The molecule has 0 aromatic carbocycles. The summed E-state index contributed by atoms with van der Waals surface area (Å²) in [7, 11) is 1.71. The van der Waals surface area contributed by atoms with Crippen LogP contribution in [0.15, 0.2) is 0 Å². The summed E-state index contributed by atoms with van der Waals surface area (Å²) in [6.45, 7) is 9.04. The Bertz CT molecular complexity index is 74.5. The minimum absolute atomic E-state index is 0.701. The van der Waals surface area contributed by atoms with Crippen LogP contribution in [0.5, 0.6) is 0 Å². The maximum Gasteiger partial charge on any atom is 0.0590 e. The molecule has 4 heteroatoms. The van der Waals surface area contributed by atoms with Crippen LogP contribution in [0, 0.1) is 0 Å². The van der Waals surface area contributed by atoms with Crippen molar-refractivity contribution in [2.45, 2.75) is 20.3 Å². The zero-order valence-electron chi connectivity index (χ0n) is 9.84. The van der Waals surface area contributed by atoms with Crippen molar-refractivity contribution >= 4 is 0 Å². The molecule has 0 aromatic heterocycles. The van der Waals surface area contributed by atoms with Crippen LogP contribution in [0.4, 0.5) is 0 Å². The Kier molecular flexibility index (Phi) is 21.6. The van der Waals surface area contributed by atoms with E-state index in [1.165, 1.54) is 0 Å². The average molecular weight is 206 g/mol. The Morgan fingerprint density at radius 1 is 1.14 bits per heavy atom. The smallest absolute Gasteiger partial charge is 0.0590 e. The van der Waals surface area contributed by atoms with E-state index in [1.54, 1.807) is 7.11 Å². The van der Waals surface area contributed by atoms with Gasteiger partial charge in [-0.1, -0.05) is 6.92 Å². The lowest BCUT2D eigenvalue weighted by Gasteiger charge is -2.01. The minimum Gasteiger partial charge on any atom is -0.385 e. The van der Waals surface area contributed by atoms with Gasteiger partial charge in [-0.3, -0.25) is 0 Å². The highest BCUT2D eigenvalue weighted by Crippen LogP contribution is 1.70. The largest absolute Gasteiger partial charge is 0.385 e. The second-order valence-electron chi connectivity index (χ2n) is 2.73. The lowest BCUT2D eigenvalue weighted by molar-refractivity contribution is 0.149. The normalized spacial score (nSPS) is 9.43. The molecule has 0 heterocycles. The van der Waals surface area contributed by atoms with Gasteiger partial charge < -0.3 is 20.5 Å². The zero-order chi connectivity index (χ0) is 11.1. The van der Waals surface area contributed by atoms with Gasteiger partial charge >= 0.3 is 0 Å². The van der Waals surface area contributed by atoms with E-state index in [0.29, 0.717) is 6.54 Å². The number of rotatable bonds is 8. The molecule has 0 aliphatic carbocycles. The zero-order valence-corrected chi connectivity index (χ0v) is 9.84. The van der Waals surface area contributed by atoms with Gasteiger partial charge in [0.1, 0.15) is 0 Å². The molecule has 0 aromatic rings. The van der Waals surface area contributed by atoms with Crippen LogP contribution in [0.1, 0.15) is 20.3 Å². The Morgan fingerprint density at radius 3 is 2.21 bits per heavy atom. The van der Waals surface area contributed by atoms with Gasteiger partial charge in [0.15, 0.2) is 0 Å². The van der Waals surface area contributed by atoms with Gasteiger partial charge in [-0.25, -0.2) is 0 Å². The molecule has 14 heavy (non-hydrogen) atoms. The van der Waals surface area contributed by atoms with Crippen molar-refractivity contribution in [1.82, 2.24) is 5.32 Å². The van der Waals surface area contributed by atoms with Gasteiger partial charge in [-0.05, 0) is 13.3 Å². The molecule has 3 N–H and O–H groups in total. The van der Waals surface area contributed by atoms with E-state index in [9.17, 15) is 0 Å². The van der Waals surface area contributed by atoms with Gasteiger partial charge in [-0.15, -0.1) is 0 Å². The summed E-state index contributed by atoms with van der Waals surface area (Å²) in [5.74, 6) is 0. The molecule has 0 aliphatic heterocycles. The highest BCUT2D eigenvalue weighted by Gasteiger charge is 1.82. The van der Waals surface area contributed by atoms with Gasteiger partial charge in [0, 0.05) is 40.0 Å². The van der Waals surface area contributed by atoms with Crippen LogP contribution in [0.3, 0.4) is 0 Å². The number of methoxy groups -OCH3 is 1. The van der Waals surface area contributed by atoms with Crippen molar-refractivity contribution in [2.75, 3.05) is 46.6 Å². The number of ether oxygens (including phenoxy) is 2. The fourth-order valence-corrected chi connectivity index (χ4v) is 0.720. The Labute approximate surface area is 88.1 Å². The van der Waals surface area contributed by atoms with Crippen molar-refractivity contribution in [2.24, 2.45) is 5.73 Å². The molecule has 0 aliphatic rings. The van der Waals surface area contributed by atoms with E-state index in [2.05, 4.69) is 12.2 Å². The molecule has 0 amide bonds. The molecule has 0 spiro atoms. The van der Waals surface area contributed by atoms with Crippen molar-refractivity contribution in [3.05, 3.63) is 0 Å². The fraction of sp³-hybridized carbons (Fsp3) is 1.00. The van der Waals surface area contributed by atoms with Crippen molar-refractivity contribution in [1.29, 1.82) is 0 Å². The van der Waals surface area contributed by atoms with Crippen molar-refractivity contribution < 1.29 is 9.47 Å².